The Morgan fingerprint density at radius 1 is 1.08 bits per heavy atom. The van der Waals surface area contributed by atoms with Crippen LogP contribution in [0.15, 0.2) is 36.9 Å². The van der Waals surface area contributed by atoms with Gasteiger partial charge in [-0.25, -0.2) is 9.97 Å². The third kappa shape index (κ3) is 4.56. The molecule has 4 heterocycles. The summed E-state index contributed by atoms with van der Waals surface area (Å²) in [4.78, 5) is 15.3. The summed E-state index contributed by atoms with van der Waals surface area (Å²) in [6, 6.07) is 4.91. The molecule has 2 aliphatic heterocycles. The zero-order valence-corrected chi connectivity index (χ0v) is 15.2. The van der Waals surface area contributed by atoms with Crippen LogP contribution in [-0.2, 0) is 11.2 Å². The van der Waals surface area contributed by atoms with Gasteiger partial charge in [0.1, 0.15) is 11.6 Å². The molecule has 4 rings (SSSR count). The number of anilines is 2. The zero-order chi connectivity index (χ0) is 17.6. The first-order valence-electron chi connectivity index (χ1n) is 9.66. The van der Waals surface area contributed by atoms with Crippen LogP contribution in [0.1, 0.15) is 31.2 Å². The first kappa shape index (κ1) is 17.4. The van der Waals surface area contributed by atoms with Gasteiger partial charge in [-0.1, -0.05) is 0 Å². The molecule has 0 aromatic carbocycles. The Bertz CT molecular complexity index is 682. The predicted octanol–water partition coefficient (Wildman–Crippen LogP) is 3.05. The van der Waals surface area contributed by atoms with Crippen molar-refractivity contribution in [2.24, 2.45) is 5.92 Å². The highest BCUT2D eigenvalue weighted by Crippen LogP contribution is 2.26. The summed E-state index contributed by atoms with van der Waals surface area (Å²) >= 11 is 0. The lowest BCUT2D eigenvalue weighted by molar-refractivity contribution is 0.108. The molecule has 138 valence electrons. The third-order valence-electron chi connectivity index (χ3n) is 5.56. The molecule has 2 aromatic heterocycles. The maximum absolute atomic E-state index is 5.53. The molecule has 2 saturated heterocycles. The van der Waals surface area contributed by atoms with Gasteiger partial charge in [-0.15, -0.1) is 0 Å². The second-order valence-electron chi connectivity index (χ2n) is 7.30. The van der Waals surface area contributed by atoms with Gasteiger partial charge in [-0.05, 0) is 68.8 Å². The van der Waals surface area contributed by atoms with Crippen molar-refractivity contribution in [1.82, 2.24) is 19.9 Å². The van der Waals surface area contributed by atoms with Crippen LogP contribution in [-0.4, -0.2) is 52.2 Å². The van der Waals surface area contributed by atoms with E-state index in [0.29, 0.717) is 6.04 Å². The van der Waals surface area contributed by atoms with Crippen LogP contribution in [0.4, 0.5) is 11.6 Å². The number of piperidine rings is 1. The number of nitrogens with one attached hydrogen (secondary N) is 1. The Morgan fingerprint density at radius 3 is 2.73 bits per heavy atom. The highest BCUT2D eigenvalue weighted by atomic mass is 16.5. The van der Waals surface area contributed by atoms with Crippen LogP contribution in [0.3, 0.4) is 0 Å². The second kappa shape index (κ2) is 8.56. The fraction of sp³-hybridized carbons (Fsp3) is 0.550. The first-order chi connectivity index (χ1) is 12.9. The molecular formula is C20H27N5O. The van der Waals surface area contributed by atoms with Gasteiger partial charge in [-0.3, -0.25) is 9.88 Å². The Kier molecular flexibility index (Phi) is 5.72. The maximum Gasteiger partial charge on any atom is 0.150 e. The Morgan fingerprint density at radius 2 is 1.96 bits per heavy atom. The summed E-state index contributed by atoms with van der Waals surface area (Å²) < 4.78 is 5.53. The van der Waals surface area contributed by atoms with E-state index < -0.39 is 0 Å². The predicted molar refractivity (Wildman–Crippen MR) is 101 cm³/mol. The quantitative estimate of drug-likeness (QED) is 0.861. The van der Waals surface area contributed by atoms with Crippen LogP contribution < -0.4 is 5.32 Å². The van der Waals surface area contributed by atoms with Crippen LogP contribution in [0, 0.1) is 5.92 Å². The Balaban J connectivity index is 1.25. The second-order valence-corrected chi connectivity index (χ2v) is 7.30. The average molecular weight is 353 g/mol. The normalized spacial score (nSPS) is 21.8. The minimum atomic E-state index is 0.672. The monoisotopic (exact) mass is 353 g/mol. The summed E-state index contributed by atoms with van der Waals surface area (Å²) in [5, 5.41) is 3.22. The third-order valence-corrected chi connectivity index (χ3v) is 5.56. The number of aryl methyl sites for hydroxylation is 1. The molecule has 6 nitrogen and oxygen atoms in total. The summed E-state index contributed by atoms with van der Waals surface area (Å²) in [5.74, 6) is 2.39. The number of aromatic nitrogens is 3. The Hall–Kier alpha value is -2.05. The fourth-order valence-corrected chi connectivity index (χ4v) is 3.98. The van der Waals surface area contributed by atoms with E-state index in [-0.39, 0.29) is 0 Å². The van der Waals surface area contributed by atoms with E-state index in [4.69, 9.17) is 4.74 Å². The lowest BCUT2D eigenvalue weighted by atomic mass is 9.90. The number of hydrogen-bond acceptors (Lipinski definition) is 6. The van der Waals surface area contributed by atoms with Crippen molar-refractivity contribution in [3.05, 3.63) is 42.5 Å². The number of nitrogens with zero attached hydrogens (tertiary/aromatic N) is 4. The minimum absolute atomic E-state index is 0.672. The van der Waals surface area contributed by atoms with Crippen molar-refractivity contribution >= 4 is 11.6 Å². The van der Waals surface area contributed by atoms with Crippen LogP contribution in [0.25, 0.3) is 0 Å². The Labute approximate surface area is 155 Å². The van der Waals surface area contributed by atoms with Crippen molar-refractivity contribution in [3.63, 3.8) is 0 Å². The highest BCUT2D eigenvalue weighted by molar-refractivity contribution is 5.50. The van der Waals surface area contributed by atoms with E-state index in [2.05, 4.69) is 37.3 Å². The molecule has 0 bridgehead atoms. The number of rotatable bonds is 6. The van der Waals surface area contributed by atoms with Gasteiger partial charge in [0, 0.05) is 31.2 Å². The van der Waals surface area contributed by atoms with Gasteiger partial charge in [0.2, 0.25) is 0 Å². The molecule has 2 fully saturated rings. The van der Waals surface area contributed by atoms with Crippen molar-refractivity contribution in [3.8, 4) is 0 Å². The molecule has 0 saturated carbocycles. The zero-order valence-electron chi connectivity index (χ0n) is 15.2. The van der Waals surface area contributed by atoms with Crippen LogP contribution >= 0.6 is 0 Å². The fourth-order valence-electron chi connectivity index (χ4n) is 3.98. The number of pyridine rings is 1. The first-order valence-corrected chi connectivity index (χ1v) is 9.66. The van der Waals surface area contributed by atoms with Crippen molar-refractivity contribution in [1.29, 1.82) is 0 Å². The van der Waals surface area contributed by atoms with Crippen molar-refractivity contribution < 1.29 is 4.74 Å². The van der Waals surface area contributed by atoms with Gasteiger partial charge >= 0.3 is 0 Å². The molecule has 1 N–H and O–H groups in total. The van der Waals surface area contributed by atoms with Gasteiger partial charge < -0.3 is 10.1 Å². The van der Waals surface area contributed by atoms with E-state index in [0.717, 1.165) is 37.2 Å². The standard InChI is InChI=1S/C20H27N5O/c1(16-4-10-25(11-5-16)18-6-12-26-15-18)2-17-3-7-22-19(13-17)24-20-14-21-8-9-23-20/h3,7-9,13-14,16,18H,1-2,4-6,10-12,15H2,(H,22,23,24)/t18-/m1/s1. The van der Waals surface area contributed by atoms with Gasteiger partial charge in [0.05, 0.1) is 12.8 Å². The number of hydrogen-bond donors (Lipinski definition) is 1. The largest absolute Gasteiger partial charge is 0.380 e. The van der Waals surface area contributed by atoms with Gasteiger partial charge in [0.15, 0.2) is 0 Å². The van der Waals surface area contributed by atoms with Gasteiger partial charge in [0.25, 0.3) is 0 Å². The van der Waals surface area contributed by atoms with E-state index in [1.165, 1.54) is 44.3 Å². The lowest BCUT2D eigenvalue weighted by Gasteiger charge is -2.35. The molecule has 2 aliphatic rings. The molecule has 0 spiro atoms. The smallest absolute Gasteiger partial charge is 0.150 e. The summed E-state index contributed by atoms with van der Waals surface area (Å²) in [5.41, 5.74) is 1.33. The number of ether oxygens (including phenoxy) is 1. The van der Waals surface area contributed by atoms with Crippen LogP contribution in [0.5, 0.6) is 0 Å². The van der Waals surface area contributed by atoms with Gasteiger partial charge in [-0.2, -0.15) is 0 Å². The molecule has 0 unspecified atom stereocenters. The summed E-state index contributed by atoms with van der Waals surface area (Å²) in [6.07, 6.45) is 13.1. The SMILES string of the molecule is c1cnc(Nc2cc(CCC3CCN([C@@H]4CCOC4)CC3)ccn2)cn1. The molecule has 0 amide bonds. The molecule has 0 radical (unpaired) electrons. The summed E-state index contributed by atoms with van der Waals surface area (Å²) in [6.45, 7) is 4.34. The molecule has 1 atom stereocenters. The van der Waals surface area contributed by atoms with Crippen molar-refractivity contribution in [2.75, 3.05) is 31.6 Å². The average Bonchev–Trinajstić information content (AvgIpc) is 3.23. The topological polar surface area (TPSA) is 63.2 Å². The lowest BCUT2D eigenvalue weighted by Crippen LogP contribution is -2.41. The summed E-state index contributed by atoms with van der Waals surface area (Å²) in [7, 11) is 0. The molecular weight excluding hydrogens is 326 g/mol. The minimum Gasteiger partial charge on any atom is -0.380 e. The van der Waals surface area contributed by atoms with Crippen LogP contribution in [0.2, 0.25) is 0 Å². The van der Waals surface area contributed by atoms with E-state index in [1.807, 2.05) is 6.20 Å². The van der Waals surface area contributed by atoms with Crippen molar-refractivity contribution in [2.45, 2.75) is 38.1 Å². The molecule has 2 aromatic rings. The highest BCUT2D eigenvalue weighted by Gasteiger charge is 2.27. The number of likely N-dealkylation sites (tertiary alicyclic amines) is 1. The van der Waals surface area contributed by atoms with E-state index in [9.17, 15) is 0 Å². The molecule has 6 heteroatoms. The molecule has 26 heavy (non-hydrogen) atoms. The van der Waals surface area contributed by atoms with E-state index >= 15 is 0 Å². The molecule has 0 aliphatic carbocycles. The maximum atomic E-state index is 5.53. The van der Waals surface area contributed by atoms with E-state index in [1.54, 1.807) is 18.6 Å².